The Hall–Kier alpha value is -1.61. The molecule has 3 heteroatoms. The van der Waals surface area contributed by atoms with Crippen molar-refractivity contribution in [2.45, 2.75) is 20.3 Å². The molecule has 0 spiro atoms. The molecule has 0 atom stereocenters. The van der Waals surface area contributed by atoms with Crippen LogP contribution in [0.3, 0.4) is 0 Å². The number of hydrogen-bond donors (Lipinski definition) is 2. The van der Waals surface area contributed by atoms with Crippen LogP contribution in [0.1, 0.15) is 16.7 Å². The molecule has 0 aliphatic heterocycles. The summed E-state index contributed by atoms with van der Waals surface area (Å²) in [5.41, 5.74) is 4.16. The van der Waals surface area contributed by atoms with Gasteiger partial charge in [0.2, 0.25) is 0 Å². The first-order valence-corrected chi connectivity index (χ1v) is 5.90. The van der Waals surface area contributed by atoms with E-state index in [0.717, 1.165) is 35.0 Å². The molecule has 0 amide bonds. The highest BCUT2D eigenvalue weighted by Gasteiger charge is 2.08. The van der Waals surface area contributed by atoms with Crippen molar-refractivity contribution >= 4 is 10.9 Å². The largest absolute Gasteiger partial charge is 0.322 e. The van der Waals surface area contributed by atoms with Crippen LogP contribution in [-0.2, 0) is 6.42 Å². The van der Waals surface area contributed by atoms with Gasteiger partial charge in [-0.3, -0.25) is 4.79 Å². The number of fused-ring (bicyclic) bond motifs is 1. The quantitative estimate of drug-likeness (QED) is 0.846. The summed E-state index contributed by atoms with van der Waals surface area (Å²) < 4.78 is 0. The molecule has 90 valence electrons. The van der Waals surface area contributed by atoms with Gasteiger partial charge in [0.15, 0.2) is 0 Å². The minimum absolute atomic E-state index is 0.0362. The van der Waals surface area contributed by atoms with Gasteiger partial charge in [-0.05, 0) is 51.6 Å². The average Bonchev–Trinajstić information content (AvgIpc) is 2.30. The molecule has 1 aromatic heterocycles. The Morgan fingerprint density at radius 1 is 1.29 bits per heavy atom. The highest BCUT2D eigenvalue weighted by atomic mass is 16.1. The molecule has 0 bridgehead atoms. The third-order valence-electron chi connectivity index (χ3n) is 3.18. The summed E-state index contributed by atoms with van der Waals surface area (Å²) in [4.78, 5) is 14.9. The Morgan fingerprint density at radius 2 is 2.06 bits per heavy atom. The topological polar surface area (TPSA) is 44.9 Å². The van der Waals surface area contributed by atoms with Gasteiger partial charge >= 0.3 is 0 Å². The average molecular weight is 230 g/mol. The number of rotatable bonds is 3. The molecule has 1 aromatic carbocycles. The molecule has 0 unspecified atom stereocenters. The van der Waals surface area contributed by atoms with E-state index < -0.39 is 0 Å². The van der Waals surface area contributed by atoms with Gasteiger partial charge < -0.3 is 10.3 Å². The molecule has 2 rings (SSSR count). The summed E-state index contributed by atoms with van der Waals surface area (Å²) >= 11 is 0. The van der Waals surface area contributed by atoms with E-state index in [0.29, 0.717) is 0 Å². The SMILES string of the molecule is CNCCc1c(C)c2cc(C)ccc2[nH]c1=O. The fourth-order valence-electron chi connectivity index (χ4n) is 2.16. The lowest BCUT2D eigenvalue weighted by Crippen LogP contribution is -2.20. The Kier molecular flexibility index (Phi) is 3.29. The number of pyridine rings is 1. The van der Waals surface area contributed by atoms with Crippen LogP contribution in [0.2, 0.25) is 0 Å². The van der Waals surface area contributed by atoms with Crippen LogP contribution >= 0.6 is 0 Å². The summed E-state index contributed by atoms with van der Waals surface area (Å²) in [6.07, 6.45) is 0.765. The Morgan fingerprint density at radius 3 is 2.76 bits per heavy atom. The van der Waals surface area contributed by atoms with Gasteiger partial charge in [-0.25, -0.2) is 0 Å². The third-order valence-corrected chi connectivity index (χ3v) is 3.18. The number of aromatic amines is 1. The second-order valence-electron chi connectivity index (χ2n) is 4.46. The zero-order chi connectivity index (χ0) is 12.4. The molecule has 0 radical (unpaired) electrons. The molecule has 17 heavy (non-hydrogen) atoms. The van der Waals surface area contributed by atoms with E-state index >= 15 is 0 Å². The lowest BCUT2D eigenvalue weighted by Gasteiger charge is -2.09. The zero-order valence-corrected chi connectivity index (χ0v) is 10.6. The molecule has 0 saturated heterocycles. The van der Waals surface area contributed by atoms with Crippen molar-refractivity contribution < 1.29 is 0 Å². The summed E-state index contributed by atoms with van der Waals surface area (Å²) in [6.45, 7) is 4.92. The predicted molar refractivity (Wildman–Crippen MR) is 71.7 cm³/mol. The molecule has 0 fully saturated rings. The van der Waals surface area contributed by atoms with E-state index in [1.807, 2.05) is 26.1 Å². The van der Waals surface area contributed by atoms with Crippen molar-refractivity contribution in [1.82, 2.24) is 10.3 Å². The normalized spacial score (nSPS) is 11.0. The van der Waals surface area contributed by atoms with Crippen molar-refractivity contribution in [3.8, 4) is 0 Å². The van der Waals surface area contributed by atoms with Crippen molar-refractivity contribution in [2.75, 3.05) is 13.6 Å². The summed E-state index contributed by atoms with van der Waals surface area (Å²) in [5, 5.41) is 4.23. The molecule has 1 heterocycles. The van der Waals surface area contributed by atoms with Gasteiger partial charge in [0, 0.05) is 16.5 Å². The smallest absolute Gasteiger partial charge is 0.251 e. The number of benzene rings is 1. The highest BCUT2D eigenvalue weighted by Crippen LogP contribution is 2.18. The first-order valence-electron chi connectivity index (χ1n) is 5.90. The number of likely N-dealkylation sites (N-methyl/N-ethyl adjacent to an activating group) is 1. The van der Waals surface area contributed by atoms with Crippen molar-refractivity contribution in [3.63, 3.8) is 0 Å². The van der Waals surface area contributed by atoms with Crippen LogP contribution in [-0.4, -0.2) is 18.6 Å². The van der Waals surface area contributed by atoms with Gasteiger partial charge in [-0.15, -0.1) is 0 Å². The zero-order valence-electron chi connectivity index (χ0n) is 10.6. The van der Waals surface area contributed by atoms with Gasteiger partial charge in [0.25, 0.3) is 5.56 Å². The van der Waals surface area contributed by atoms with E-state index in [4.69, 9.17) is 0 Å². The first-order chi connectivity index (χ1) is 8.13. The maximum atomic E-state index is 12.0. The van der Waals surface area contributed by atoms with Gasteiger partial charge in [0.1, 0.15) is 0 Å². The lowest BCUT2D eigenvalue weighted by atomic mass is 10.0. The van der Waals surface area contributed by atoms with Gasteiger partial charge in [0.05, 0.1) is 0 Å². The van der Waals surface area contributed by atoms with Crippen LogP contribution in [0.25, 0.3) is 10.9 Å². The maximum absolute atomic E-state index is 12.0. The second-order valence-corrected chi connectivity index (χ2v) is 4.46. The molecule has 2 aromatic rings. The van der Waals surface area contributed by atoms with E-state index in [1.54, 1.807) is 0 Å². The number of aryl methyl sites for hydroxylation is 2. The van der Waals surface area contributed by atoms with Crippen LogP contribution in [0.15, 0.2) is 23.0 Å². The van der Waals surface area contributed by atoms with E-state index in [9.17, 15) is 4.79 Å². The molecule has 2 N–H and O–H groups in total. The molecule has 3 nitrogen and oxygen atoms in total. The van der Waals surface area contributed by atoms with Crippen LogP contribution in [0.4, 0.5) is 0 Å². The fraction of sp³-hybridized carbons (Fsp3) is 0.357. The van der Waals surface area contributed by atoms with Crippen LogP contribution < -0.4 is 10.9 Å². The van der Waals surface area contributed by atoms with E-state index in [2.05, 4.69) is 23.3 Å². The number of nitrogens with one attached hydrogen (secondary N) is 2. The van der Waals surface area contributed by atoms with Crippen molar-refractivity contribution in [3.05, 3.63) is 45.2 Å². The molecule has 0 aliphatic rings. The number of aromatic nitrogens is 1. The molecular formula is C14H18N2O. The summed E-state index contributed by atoms with van der Waals surface area (Å²) in [5.74, 6) is 0. The van der Waals surface area contributed by atoms with Gasteiger partial charge in [-0.2, -0.15) is 0 Å². The Labute approximate surface area is 101 Å². The van der Waals surface area contributed by atoms with Crippen molar-refractivity contribution in [2.24, 2.45) is 0 Å². The summed E-state index contributed by atoms with van der Waals surface area (Å²) in [6, 6.07) is 6.12. The predicted octanol–water partition coefficient (Wildman–Crippen LogP) is 1.91. The maximum Gasteiger partial charge on any atom is 0.251 e. The van der Waals surface area contributed by atoms with Crippen LogP contribution in [0.5, 0.6) is 0 Å². The second kappa shape index (κ2) is 4.72. The first kappa shape index (κ1) is 11.9. The molecule has 0 saturated carbocycles. The summed E-state index contributed by atoms with van der Waals surface area (Å²) in [7, 11) is 1.90. The number of hydrogen-bond acceptors (Lipinski definition) is 2. The highest BCUT2D eigenvalue weighted by molar-refractivity contribution is 5.83. The monoisotopic (exact) mass is 230 g/mol. The van der Waals surface area contributed by atoms with Crippen LogP contribution in [0, 0.1) is 13.8 Å². The minimum Gasteiger partial charge on any atom is -0.322 e. The van der Waals surface area contributed by atoms with Gasteiger partial charge in [-0.1, -0.05) is 11.6 Å². The molecular weight excluding hydrogens is 212 g/mol. The fourth-order valence-corrected chi connectivity index (χ4v) is 2.16. The molecule has 0 aliphatic carbocycles. The third kappa shape index (κ3) is 2.24. The minimum atomic E-state index is 0.0362. The van der Waals surface area contributed by atoms with E-state index in [1.165, 1.54) is 5.56 Å². The van der Waals surface area contributed by atoms with E-state index in [-0.39, 0.29) is 5.56 Å². The lowest BCUT2D eigenvalue weighted by molar-refractivity contribution is 0.783. The Balaban J connectivity index is 2.65. The Bertz CT molecular complexity index is 599. The standard InChI is InChI=1S/C14H18N2O/c1-9-4-5-13-12(8-9)10(2)11(6-7-15-3)14(17)16-13/h4-5,8,15H,6-7H2,1-3H3,(H,16,17). The van der Waals surface area contributed by atoms with Crippen molar-refractivity contribution in [1.29, 1.82) is 0 Å². The number of H-pyrrole nitrogens is 1.